The summed E-state index contributed by atoms with van der Waals surface area (Å²) in [5.41, 5.74) is 0.930. The van der Waals surface area contributed by atoms with E-state index in [1.165, 1.54) is 12.1 Å². The van der Waals surface area contributed by atoms with Gasteiger partial charge in [-0.2, -0.15) is 0 Å². The van der Waals surface area contributed by atoms with Crippen LogP contribution in [0.5, 0.6) is 0 Å². The fourth-order valence-corrected chi connectivity index (χ4v) is 1.17. The van der Waals surface area contributed by atoms with Gasteiger partial charge >= 0.3 is 0 Å². The number of rotatable bonds is 4. The number of methoxy groups -OCH3 is 1. The number of carbonyl (C=O) groups excluding carboxylic acids is 1. The molecule has 3 nitrogen and oxygen atoms in total. The summed E-state index contributed by atoms with van der Waals surface area (Å²) >= 11 is 0. The Balaban J connectivity index is 2.68. The molecule has 0 atom stereocenters. The third-order valence-corrected chi connectivity index (χ3v) is 1.96. The second kappa shape index (κ2) is 5.46. The third kappa shape index (κ3) is 3.32. The van der Waals surface area contributed by atoms with Crippen LogP contribution >= 0.6 is 0 Å². The number of benzene rings is 1. The standard InChI is InChI=1S/C11H14FNO2/c1-8-3-4-10(12)9(7-8)11(14)13-5-6-15-2/h3-4,7H,5-6H2,1-2H3,(H,13,14). The molecule has 0 saturated carbocycles. The summed E-state index contributed by atoms with van der Waals surface area (Å²) in [7, 11) is 1.54. The molecule has 1 amide bonds. The molecule has 0 aromatic heterocycles. The van der Waals surface area contributed by atoms with Crippen LogP contribution in [0.25, 0.3) is 0 Å². The summed E-state index contributed by atoms with van der Waals surface area (Å²) < 4.78 is 18.0. The summed E-state index contributed by atoms with van der Waals surface area (Å²) in [6.45, 7) is 2.60. The van der Waals surface area contributed by atoms with Crippen LogP contribution in [0.3, 0.4) is 0 Å². The summed E-state index contributed by atoms with van der Waals surface area (Å²) in [6.07, 6.45) is 0. The summed E-state index contributed by atoms with van der Waals surface area (Å²) in [6, 6.07) is 4.44. The van der Waals surface area contributed by atoms with Gasteiger partial charge in [0.05, 0.1) is 12.2 Å². The van der Waals surface area contributed by atoms with Gasteiger partial charge in [0, 0.05) is 13.7 Å². The molecule has 0 spiro atoms. The van der Waals surface area contributed by atoms with Crippen LogP contribution < -0.4 is 5.32 Å². The number of ether oxygens (including phenoxy) is 1. The largest absolute Gasteiger partial charge is 0.383 e. The van der Waals surface area contributed by atoms with Crippen molar-refractivity contribution in [3.05, 3.63) is 35.1 Å². The van der Waals surface area contributed by atoms with Crippen LogP contribution in [0.4, 0.5) is 4.39 Å². The first-order valence-electron chi connectivity index (χ1n) is 4.68. The van der Waals surface area contributed by atoms with E-state index in [0.29, 0.717) is 13.2 Å². The molecule has 0 aliphatic heterocycles. The number of halogens is 1. The molecule has 0 heterocycles. The minimum absolute atomic E-state index is 0.0751. The zero-order chi connectivity index (χ0) is 11.3. The highest BCUT2D eigenvalue weighted by molar-refractivity contribution is 5.94. The van der Waals surface area contributed by atoms with Gasteiger partial charge in [0.15, 0.2) is 0 Å². The molecular formula is C11H14FNO2. The van der Waals surface area contributed by atoms with Gasteiger partial charge in [-0.15, -0.1) is 0 Å². The highest BCUT2D eigenvalue weighted by Crippen LogP contribution is 2.09. The van der Waals surface area contributed by atoms with Crippen LogP contribution in [0, 0.1) is 12.7 Å². The number of hydrogen-bond donors (Lipinski definition) is 1. The van der Waals surface area contributed by atoms with Gasteiger partial charge in [-0.3, -0.25) is 4.79 Å². The molecule has 4 heteroatoms. The van der Waals surface area contributed by atoms with Gasteiger partial charge in [-0.05, 0) is 19.1 Å². The lowest BCUT2D eigenvalue weighted by Crippen LogP contribution is -2.27. The Labute approximate surface area is 88.2 Å². The molecule has 0 unspecified atom stereocenters. The molecular weight excluding hydrogens is 197 g/mol. The molecule has 1 aromatic rings. The molecule has 0 aliphatic carbocycles. The number of amides is 1. The van der Waals surface area contributed by atoms with Crippen LogP contribution in [0.15, 0.2) is 18.2 Å². The Morgan fingerprint density at radius 1 is 1.53 bits per heavy atom. The number of nitrogens with one attached hydrogen (secondary N) is 1. The van der Waals surface area contributed by atoms with Crippen molar-refractivity contribution < 1.29 is 13.9 Å². The number of carbonyl (C=O) groups is 1. The van der Waals surface area contributed by atoms with Crippen molar-refractivity contribution in [1.29, 1.82) is 0 Å². The van der Waals surface area contributed by atoms with Crippen molar-refractivity contribution in [2.24, 2.45) is 0 Å². The number of hydrogen-bond acceptors (Lipinski definition) is 2. The molecule has 15 heavy (non-hydrogen) atoms. The Morgan fingerprint density at radius 2 is 2.27 bits per heavy atom. The minimum atomic E-state index is -0.504. The molecule has 1 N–H and O–H groups in total. The van der Waals surface area contributed by atoms with E-state index in [4.69, 9.17) is 4.74 Å². The Kier molecular flexibility index (Phi) is 4.24. The van der Waals surface area contributed by atoms with E-state index in [1.807, 2.05) is 6.92 Å². The topological polar surface area (TPSA) is 38.3 Å². The Bertz CT molecular complexity index is 352. The van der Waals surface area contributed by atoms with E-state index in [0.717, 1.165) is 5.56 Å². The summed E-state index contributed by atoms with van der Waals surface area (Å²) in [4.78, 5) is 11.5. The Hall–Kier alpha value is -1.42. The van der Waals surface area contributed by atoms with Gasteiger partial charge in [-0.25, -0.2) is 4.39 Å². The molecule has 0 radical (unpaired) electrons. The fraction of sp³-hybridized carbons (Fsp3) is 0.364. The molecule has 1 rings (SSSR count). The van der Waals surface area contributed by atoms with Crippen molar-refractivity contribution in [1.82, 2.24) is 5.32 Å². The van der Waals surface area contributed by atoms with Gasteiger partial charge in [-0.1, -0.05) is 11.6 Å². The summed E-state index contributed by atoms with van der Waals surface area (Å²) in [5, 5.41) is 2.56. The lowest BCUT2D eigenvalue weighted by Gasteiger charge is -2.06. The highest BCUT2D eigenvalue weighted by atomic mass is 19.1. The van der Waals surface area contributed by atoms with Crippen LogP contribution in [-0.2, 0) is 4.74 Å². The van der Waals surface area contributed by atoms with E-state index < -0.39 is 11.7 Å². The van der Waals surface area contributed by atoms with Crippen molar-refractivity contribution >= 4 is 5.91 Å². The number of aryl methyl sites for hydroxylation is 1. The first-order chi connectivity index (χ1) is 7.15. The van der Waals surface area contributed by atoms with Crippen molar-refractivity contribution in [2.45, 2.75) is 6.92 Å². The predicted molar refractivity (Wildman–Crippen MR) is 55.3 cm³/mol. The highest BCUT2D eigenvalue weighted by Gasteiger charge is 2.10. The quantitative estimate of drug-likeness (QED) is 0.767. The smallest absolute Gasteiger partial charge is 0.254 e. The minimum Gasteiger partial charge on any atom is -0.383 e. The monoisotopic (exact) mass is 211 g/mol. The summed E-state index contributed by atoms with van der Waals surface area (Å²) in [5.74, 6) is -0.913. The van der Waals surface area contributed by atoms with E-state index in [-0.39, 0.29) is 5.56 Å². The molecule has 0 saturated heterocycles. The van der Waals surface area contributed by atoms with Gasteiger partial charge in [0.2, 0.25) is 0 Å². The van der Waals surface area contributed by atoms with E-state index in [2.05, 4.69) is 5.32 Å². The van der Waals surface area contributed by atoms with E-state index >= 15 is 0 Å². The van der Waals surface area contributed by atoms with Crippen LogP contribution in [0.2, 0.25) is 0 Å². The first kappa shape index (κ1) is 11.7. The van der Waals surface area contributed by atoms with E-state index in [9.17, 15) is 9.18 Å². The second-order valence-corrected chi connectivity index (χ2v) is 3.23. The van der Waals surface area contributed by atoms with Crippen LogP contribution in [-0.4, -0.2) is 26.2 Å². The van der Waals surface area contributed by atoms with E-state index in [1.54, 1.807) is 13.2 Å². The zero-order valence-corrected chi connectivity index (χ0v) is 8.84. The predicted octanol–water partition coefficient (Wildman–Crippen LogP) is 1.51. The molecule has 0 bridgehead atoms. The maximum atomic E-state index is 13.2. The molecule has 82 valence electrons. The lowest BCUT2D eigenvalue weighted by molar-refractivity contribution is 0.0933. The van der Waals surface area contributed by atoms with Crippen LogP contribution in [0.1, 0.15) is 15.9 Å². The second-order valence-electron chi connectivity index (χ2n) is 3.23. The van der Waals surface area contributed by atoms with Gasteiger partial charge in [0.1, 0.15) is 5.82 Å². The molecule has 0 aliphatic rings. The fourth-order valence-electron chi connectivity index (χ4n) is 1.17. The van der Waals surface area contributed by atoms with Crippen molar-refractivity contribution in [3.63, 3.8) is 0 Å². The maximum Gasteiger partial charge on any atom is 0.254 e. The zero-order valence-electron chi connectivity index (χ0n) is 8.84. The van der Waals surface area contributed by atoms with Crippen molar-refractivity contribution in [3.8, 4) is 0 Å². The van der Waals surface area contributed by atoms with Gasteiger partial charge < -0.3 is 10.1 Å². The average Bonchev–Trinajstić information content (AvgIpc) is 2.22. The average molecular weight is 211 g/mol. The lowest BCUT2D eigenvalue weighted by atomic mass is 10.1. The van der Waals surface area contributed by atoms with Crippen molar-refractivity contribution in [2.75, 3.05) is 20.3 Å². The molecule has 1 aromatic carbocycles. The van der Waals surface area contributed by atoms with Gasteiger partial charge in [0.25, 0.3) is 5.91 Å². The normalized spacial score (nSPS) is 10.1. The first-order valence-corrected chi connectivity index (χ1v) is 4.68. The SMILES string of the molecule is COCCNC(=O)c1cc(C)ccc1F. The Morgan fingerprint density at radius 3 is 2.93 bits per heavy atom. The molecule has 0 fully saturated rings. The third-order valence-electron chi connectivity index (χ3n) is 1.96. The maximum absolute atomic E-state index is 13.2.